The van der Waals surface area contributed by atoms with E-state index in [0.717, 1.165) is 49.7 Å². The highest BCUT2D eigenvalue weighted by molar-refractivity contribution is 7.80. The quantitative estimate of drug-likeness (QED) is 0.665. The van der Waals surface area contributed by atoms with Crippen molar-refractivity contribution in [3.05, 3.63) is 72.2 Å². The van der Waals surface area contributed by atoms with Gasteiger partial charge >= 0.3 is 0 Å². The normalized spacial score (nSPS) is 15.0. The number of nitrogens with one attached hydrogen (secondary N) is 1. The van der Waals surface area contributed by atoms with E-state index in [1.165, 1.54) is 12.1 Å². The first-order chi connectivity index (χ1) is 13.7. The Morgan fingerprint density at radius 3 is 2.61 bits per heavy atom. The highest BCUT2D eigenvalue weighted by Crippen LogP contribution is 2.13. The van der Waals surface area contributed by atoms with Crippen LogP contribution in [-0.2, 0) is 13.1 Å². The molecule has 1 aromatic carbocycles. The number of piperazine rings is 1. The standard InChI is InChI=1S/C20H22FN5OS/c21-17-5-3-16(4-6-17)13-26-14-18(12-22-26)23-20(28)25-9-7-24(8-10-25)15-19-2-1-11-27-19/h1-6,11-12,14H,7-10,13,15H2,(H,23,28). The molecule has 0 atom stereocenters. The zero-order valence-electron chi connectivity index (χ0n) is 15.4. The summed E-state index contributed by atoms with van der Waals surface area (Å²) in [5, 5.41) is 8.32. The van der Waals surface area contributed by atoms with Gasteiger partial charge in [-0.25, -0.2) is 4.39 Å². The molecule has 0 aliphatic carbocycles. The molecule has 0 spiro atoms. The molecule has 1 aliphatic rings. The van der Waals surface area contributed by atoms with E-state index in [1.54, 1.807) is 29.3 Å². The first-order valence-electron chi connectivity index (χ1n) is 9.23. The molecule has 4 rings (SSSR count). The Labute approximate surface area is 168 Å². The van der Waals surface area contributed by atoms with Crippen LogP contribution in [-0.4, -0.2) is 50.9 Å². The van der Waals surface area contributed by atoms with Crippen molar-refractivity contribution in [3.63, 3.8) is 0 Å². The fraction of sp³-hybridized carbons (Fsp3) is 0.300. The first-order valence-corrected chi connectivity index (χ1v) is 9.64. The summed E-state index contributed by atoms with van der Waals surface area (Å²) in [7, 11) is 0. The summed E-state index contributed by atoms with van der Waals surface area (Å²) in [6.45, 7) is 5.03. The van der Waals surface area contributed by atoms with Crippen molar-refractivity contribution in [3.8, 4) is 0 Å². The number of anilines is 1. The van der Waals surface area contributed by atoms with Crippen molar-refractivity contribution in [2.45, 2.75) is 13.1 Å². The lowest BCUT2D eigenvalue weighted by molar-refractivity contribution is 0.166. The predicted molar refractivity (Wildman–Crippen MR) is 110 cm³/mol. The fourth-order valence-electron chi connectivity index (χ4n) is 3.23. The molecule has 1 saturated heterocycles. The van der Waals surface area contributed by atoms with Gasteiger partial charge in [0.15, 0.2) is 5.11 Å². The van der Waals surface area contributed by atoms with Gasteiger partial charge in [-0.15, -0.1) is 0 Å². The minimum Gasteiger partial charge on any atom is -0.468 e. The average molecular weight is 399 g/mol. The summed E-state index contributed by atoms with van der Waals surface area (Å²) >= 11 is 5.56. The Kier molecular flexibility index (Phi) is 5.68. The Morgan fingerprint density at radius 2 is 1.89 bits per heavy atom. The molecule has 0 radical (unpaired) electrons. The Morgan fingerprint density at radius 1 is 1.11 bits per heavy atom. The molecule has 28 heavy (non-hydrogen) atoms. The summed E-state index contributed by atoms with van der Waals surface area (Å²) in [5.41, 5.74) is 1.84. The van der Waals surface area contributed by atoms with Gasteiger partial charge in [0.1, 0.15) is 11.6 Å². The van der Waals surface area contributed by atoms with E-state index in [4.69, 9.17) is 16.6 Å². The number of nitrogens with zero attached hydrogens (tertiary/aromatic N) is 4. The van der Waals surface area contributed by atoms with Gasteiger partial charge < -0.3 is 14.6 Å². The van der Waals surface area contributed by atoms with Gasteiger partial charge in [0.05, 0.1) is 31.2 Å². The number of furan rings is 1. The van der Waals surface area contributed by atoms with E-state index in [2.05, 4.69) is 20.2 Å². The van der Waals surface area contributed by atoms with E-state index in [-0.39, 0.29) is 5.82 Å². The third kappa shape index (κ3) is 4.76. The van der Waals surface area contributed by atoms with Crippen LogP contribution in [0.5, 0.6) is 0 Å². The molecule has 0 saturated carbocycles. The maximum Gasteiger partial charge on any atom is 0.173 e. The van der Waals surface area contributed by atoms with Crippen molar-refractivity contribution in [2.24, 2.45) is 0 Å². The second-order valence-electron chi connectivity index (χ2n) is 6.83. The molecular weight excluding hydrogens is 377 g/mol. The van der Waals surface area contributed by atoms with Crippen molar-refractivity contribution >= 4 is 23.0 Å². The molecule has 0 amide bonds. The van der Waals surface area contributed by atoms with E-state index in [1.807, 2.05) is 18.3 Å². The number of thiocarbonyl (C=S) groups is 1. The molecule has 1 aliphatic heterocycles. The molecule has 1 N–H and O–H groups in total. The minimum absolute atomic E-state index is 0.235. The third-order valence-electron chi connectivity index (χ3n) is 4.76. The average Bonchev–Trinajstić information content (AvgIpc) is 3.36. The van der Waals surface area contributed by atoms with Crippen LogP contribution in [0.2, 0.25) is 0 Å². The van der Waals surface area contributed by atoms with Gasteiger partial charge in [-0.05, 0) is 42.0 Å². The van der Waals surface area contributed by atoms with Crippen LogP contribution in [0.4, 0.5) is 10.1 Å². The molecule has 1 fully saturated rings. The molecule has 146 valence electrons. The molecular formula is C20H22FN5OS. The molecule has 8 heteroatoms. The van der Waals surface area contributed by atoms with Gasteiger partial charge in [-0.2, -0.15) is 5.10 Å². The van der Waals surface area contributed by atoms with E-state index >= 15 is 0 Å². The van der Waals surface area contributed by atoms with Gasteiger partial charge in [0.2, 0.25) is 0 Å². The lowest BCUT2D eigenvalue weighted by Crippen LogP contribution is -2.49. The second kappa shape index (κ2) is 8.53. The van der Waals surface area contributed by atoms with Gasteiger partial charge in [0, 0.05) is 32.4 Å². The van der Waals surface area contributed by atoms with Crippen molar-refractivity contribution in [2.75, 3.05) is 31.5 Å². The third-order valence-corrected chi connectivity index (χ3v) is 5.12. The maximum atomic E-state index is 13.0. The second-order valence-corrected chi connectivity index (χ2v) is 7.21. The molecule has 6 nitrogen and oxygen atoms in total. The summed E-state index contributed by atoms with van der Waals surface area (Å²) in [6, 6.07) is 10.4. The molecule has 0 unspecified atom stereocenters. The summed E-state index contributed by atoms with van der Waals surface area (Å²) in [4.78, 5) is 4.53. The number of benzene rings is 1. The van der Waals surface area contributed by atoms with Crippen LogP contribution in [0.25, 0.3) is 0 Å². The van der Waals surface area contributed by atoms with E-state index in [9.17, 15) is 4.39 Å². The van der Waals surface area contributed by atoms with Gasteiger partial charge in [0.25, 0.3) is 0 Å². The van der Waals surface area contributed by atoms with Crippen LogP contribution < -0.4 is 5.32 Å². The maximum absolute atomic E-state index is 13.0. The summed E-state index contributed by atoms with van der Waals surface area (Å²) in [6.07, 6.45) is 5.37. The van der Waals surface area contributed by atoms with Gasteiger partial charge in [-0.3, -0.25) is 9.58 Å². The fourth-order valence-corrected chi connectivity index (χ4v) is 3.53. The van der Waals surface area contributed by atoms with Crippen molar-refractivity contribution in [1.29, 1.82) is 0 Å². The zero-order valence-corrected chi connectivity index (χ0v) is 16.2. The van der Waals surface area contributed by atoms with Crippen molar-refractivity contribution < 1.29 is 8.81 Å². The lowest BCUT2D eigenvalue weighted by Gasteiger charge is -2.35. The molecule has 0 bridgehead atoms. The van der Waals surface area contributed by atoms with E-state index < -0.39 is 0 Å². The highest BCUT2D eigenvalue weighted by Gasteiger charge is 2.20. The smallest absolute Gasteiger partial charge is 0.173 e. The number of hydrogen-bond donors (Lipinski definition) is 1. The predicted octanol–water partition coefficient (Wildman–Crippen LogP) is 3.18. The Hall–Kier alpha value is -2.71. The Bertz CT molecular complexity index is 901. The first kappa shape index (κ1) is 18.6. The number of rotatable bonds is 5. The van der Waals surface area contributed by atoms with Crippen LogP contribution in [0.15, 0.2) is 59.5 Å². The molecule has 2 aromatic heterocycles. The van der Waals surface area contributed by atoms with Crippen LogP contribution in [0, 0.1) is 5.82 Å². The topological polar surface area (TPSA) is 49.5 Å². The molecule has 3 aromatic rings. The highest BCUT2D eigenvalue weighted by atomic mass is 32.1. The molecule has 3 heterocycles. The van der Waals surface area contributed by atoms with E-state index in [0.29, 0.717) is 11.7 Å². The zero-order chi connectivity index (χ0) is 19.3. The monoisotopic (exact) mass is 399 g/mol. The number of hydrogen-bond acceptors (Lipinski definition) is 4. The minimum atomic E-state index is -0.235. The summed E-state index contributed by atoms with van der Waals surface area (Å²) < 4.78 is 20.2. The van der Waals surface area contributed by atoms with Gasteiger partial charge in [-0.1, -0.05) is 12.1 Å². The summed E-state index contributed by atoms with van der Waals surface area (Å²) in [5.74, 6) is 0.754. The van der Waals surface area contributed by atoms with Crippen LogP contribution in [0.1, 0.15) is 11.3 Å². The lowest BCUT2D eigenvalue weighted by atomic mass is 10.2. The number of halogens is 1. The Balaban J connectivity index is 1.26. The van der Waals surface area contributed by atoms with Crippen LogP contribution in [0.3, 0.4) is 0 Å². The van der Waals surface area contributed by atoms with Crippen molar-refractivity contribution in [1.82, 2.24) is 19.6 Å². The largest absolute Gasteiger partial charge is 0.468 e. The SMILES string of the molecule is Fc1ccc(Cn2cc(NC(=S)N3CCN(Cc4ccco4)CC3)cn2)cc1. The number of aromatic nitrogens is 2. The van der Waals surface area contributed by atoms with Crippen LogP contribution >= 0.6 is 12.2 Å².